The smallest absolute Gasteiger partial charge is 0.223 e. The summed E-state index contributed by atoms with van der Waals surface area (Å²) in [5, 5.41) is 2.06. The van der Waals surface area contributed by atoms with Crippen molar-refractivity contribution < 1.29 is 14.3 Å². The number of hydrogen-bond acceptors (Lipinski definition) is 5. The van der Waals surface area contributed by atoms with Gasteiger partial charge in [-0.25, -0.2) is 0 Å². The Kier molecular flexibility index (Phi) is 5.81. The number of methoxy groups -OCH3 is 2. The number of benzene rings is 1. The average Bonchev–Trinajstić information content (AvgIpc) is 3.19. The summed E-state index contributed by atoms with van der Waals surface area (Å²) in [5.41, 5.74) is 1.10. The molecule has 0 aliphatic carbocycles. The summed E-state index contributed by atoms with van der Waals surface area (Å²) in [6.07, 6.45) is 1.43. The number of anilines is 1. The van der Waals surface area contributed by atoms with Crippen LogP contribution in [0.5, 0.6) is 11.5 Å². The quantitative estimate of drug-likeness (QED) is 0.794. The van der Waals surface area contributed by atoms with Crippen molar-refractivity contribution in [3.63, 3.8) is 0 Å². The summed E-state index contributed by atoms with van der Waals surface area (Å²) in [6.45, 7) is 3.19. The molecule has 0 radical (unpaired) electrons. The Balaban J connectivity index is 1.53. The lowest BCUT2D eigenvalue weighted by atomic mass is 10.2. The first kappa shape index (κ1) is 17.6. The summed E-state index contributed by atoms with van der Waals surface area (Å²) < 4.78 is 10.7. The Bertz CT molecular complexity index is 695. The van der Waals surface area contributed by atoms with Gasteiger partial charge in [-0.2, -0.15) is 0 Å². The van der Waals surface area contributed by atoms with Crippen molar-refractivity contribution in [3.8, 4) is 11.5 Å². The van der Waals surface area contributed by atoms with E-state index in [1.807, 2.05) is 29.2 Å². The molecule has 25 heavy (non-hydrogen) atoms. The number of hydrogen-bond donors (Lipinski definition) is 0. The molecule has 1 aliphatic rings. The monoisotopic (exact) mass is 360 g/mol. The second-order valence-electron chi connectivity index (χ2n) is 5.99. The number of amides is 1. The molecule has 1 saturated heterocycles. The average molecular weight is 360 g/mol. The molecule has 1 aromatic carbocycles. The minimum atomic E-state index is 0.250. The van der Waals surface area contributed by atoms with Gasteiger partial charge in [0, 0.05) is 49.2 Å². The predicted molar refractivity (Wildman–Crippen MR) is 101 cm³/mol. The molecule has 5 nitrogen and oxygen atoms in total. The van der Waals surface area contributed by atoms with E-state index in [9.17, 15) is 4.79 Å². The molecule has 1 fully saturated rings. The molecule has 134 valence electrons. The van der Waals surface area contributed by atoms with Crippen LogP contribution in [0.15, 0.2) is 35.7 Å². The highest BCUT2D eigenvalue weighted by molar-refractivity contribution is 7.09. The highest BCUT2D eigenvalue weighted by atomic mass is 32.1. The predicted octanol–water partition coefficient (Wildman–Crippen LogP) is 3.05. The topological polar surface area (TPSA) is 42.0 Å². The van der Waals surface area contributed by atoms with E-state index >= 15 is 0 Å². The molecule has 1 aromatic heterocycles. The molecule has 2 heterocycles. The van der Waals surface area contributed by atoms with Gasteiger partial charge in [-0.15, -0.1) is 11.3 Å². The second kappa shape index (κ2) is 8.25. The molecule has 0 atom stereocenters. The van der Waals surface area contributed by atoms with Gasteiger partial charge >= 0.3 is 0 Å². The van der Waals surface area contributed by atoms with E-state index in [-0.39, 0.29) is 5.91 Å². The first-order valence-electron chi connectivity index (χ1n) is 8.48. The molecule has 0 N–H and O–H groups in total. The van der Waals surface area contributed by atoms with E-state index in [1.165, 1.54) is 4.88 Å². The molecule has 1 amide bonds. The number of piperazine rings is 1. The Morgan fingerprint density at radius 1 is 1.08 bits per heavy atom. The van der Waals surface area contributed by atoms with Crippen molar-refractivity contribution >= 4 is 22.9 Å². The van der Waals surface area contributed by atoms with Crippen molar-refractivity contribution in [2.24, 2.45) is 0 Å². The maximum absolute atomic E-state index is 12.4. The van der Waals surface area contributed by atoms with E-state index < -0.39 is 0 Å². The van der Waals surface area contributed by atoms with Crippen LogP contribution in [-0.2, 0) is 11.2 Å². The molecule has 1 aliphatic heterocycles. The number of nitrogens with zero attached hydrogens (tertiary/aromatic N) is 2. The van der Waals surface area contributed by atoms with Gasteiger partial charge in [0.25, 0.3) is 0 Å². The number of carbonyl (C=O) groups is 1. The van der Waals surface area contributed by atoms with E-state index in [1.54, 1.807) is 25.6 Å². The number of aryl methyl sites for hydroxylation is 1. The molecule has 2 aromatic rings. The number of carbonyl (C=O) groups excluding carboxylic acids is 1. The third-order valence-electron chi connectivity index (χ3n) is 4.53. The van der Waals surface area contributed by atoms with E-state index in [4.69, 9.17) is 9.47 Å². The molecule has 0 unspecified atom stereocenters. The van der Waals surface area contributed by atoms with Gasteiger partial charge in [0.15, 0.2) is 11.5 Å². The lowest BCUT2D eigenvalue weighted by Gasteiger charge is -2.36. The van der Waals surface area contributed by atoms with Crippen LogP contribution in [-0.4, -0.2) is 51.2 Å². The summed E-state index contributed by atoms with van der Waals surface area (Å²) >= 11 is 1.71. The molecule has 0 bridgehead atoms. The molecule has 0 saturated carbocycles. The molecule has 0 spiro atoms. The van der Waals surface area contributed by atoms with Gasteiger partial charge in [0.1, 0.15) is 0 Å². The fourth-order valence-corrected chi connectivity index (χ4v) is 3.79. The van der Waals surface area contributed by atoms with Gasteiger partial charge in [0.2, 0.25) is 5.91 Å². The Labute approximate surface area is 152 Å². The van der Waals surface area contributed by atoms with Gasteiger partial charge in [-0.3, -0.25) is 4.79 Å². The van der Waals surface area contributed by atoms with Gasteiger partial charge < -0.3 is 19.3 Å². The fourth-order valence-electron chi connectivity index (χ4n) is 3.08. The highest BCUT2D eigenvalue weighted by Crippen LogP contribution is 2.31. The van der Waals surface area contributed by atoms with Crippen molar-refractivity contribution in [1.82, 2.24) is 4.90 Å². The fraction of sp³-hybridized carbons (Fsp3) is 0.421. The van der Waals surface area contributed by atoms with Crippen LogP contribution < -0.4 is 14.4 Å². The molecule has 6 heteroatoms. The zero-order chi connectivity index (χ0) is 17.6. The van der Waals surface area contributed by atoms with Crippen molar-refractivity contribution in [1.29, 1.82) is 0 Å². The largest absolute Gasteiger partial charge is 0.493 e. The van der Waals surface area contributed by atoms with E-state index in [2.05, 4.69) is 16.3 Å². The normalized spacial score (nSPS) is 14.5. The summed E-state index contributed by atoms with van der Waals surface area (Å²) in [4.78, 5) is 17.9. The van der Waals surface area contributed by atoms with Crippen LogP contribution in [0, 0.1) is 0 Å². The molecular formula is C19H24N2O3S. The SMILES string of the molecule is COc1ccc(N2CCN(C(=O)CCc3cccs3)CC2)cc1OC. The maximum Gasteiger partial charge on any atom is 0.223 e. The van der Waals surface area contributed by atoms with Crippen LogP contribution in [0.4, 0.5) is 5.69 Å². The molecule has 3 rings (SSSR count). The van der Waals surface area contributed by atoms with E-state index in [0.717, 1.165) is 49.8 Å². The van der Waals surface area contributed by atoms with Crippen LogP contribution in [0.2, 0.25) is 0 Å². The Morgan fingerprint density at radius 3 is 2.48 bits per heavy atom. The second-order valence-corrected chi connectivity index (χ2v) is 7.02. The highest BCUT2D eigenvalue weighted by Gasteiger charge is 2.21. The molecular weight excluding hydrogens is 336 g/mol. The number of thiophene rings is 1. The third-order valence-corrected chi connectivity index (χ3v) is 5.47. The summed E-state index contributed by atoms with van der Waals surface area (Å²) in [6, 6.07) is 10.1. The summed E-state index contributed by atoms with van der Waals surface area (Å²) in [5.74, 6) is 1.71. The van der Waals surface area contributed by atoms with Crippen molar-refractivity contribution in [2.75, 3.05) is 45.3 Å². The third kappa shape index (κ3) is 4.25. The van der Waals surface area contributed by atoms with Crippen LogP contribution in [0.25, 0.3) is 0 Å². The number of rotatable bonds is 6. The Hall–Kier alpha value is -2.21. The zero-order valence-electron chi connectivity index (χ0n) is 14.7. The van der Waals surface area contributed by atoms with Gasteiger partial charge in [0.05, 0.1) is 14.2 Å². The van der Waals surface area contributed by atoms with Crippen molar-refractivity contribution in [3.05, 3.63) is 40.6 Å². The first-order chi connectivity index (χ1) is 12.2. The van der Waals surface area contributed by atoms with Crippen LogP contribution in [0.3, 0.4) is 0 Å². The summed E-state index contributed by atoms with van der Waals surface area (Å²) in [7, 11) is 3.28. The maximum atomic E-state index is 12.4. The van der Waals surface area contributed by atoms with Gasteiger partial charge in [-0.1, -0.05) is 6.07 Å². The first-order valence-corrected chi connectivity index (χ1v) is 9.36. The Morgan fingerprint density at radius 2 is 1.84 bits per heavy atom. The minimum absolute atomic E-state index is 0.250. The van der Waals surface area contributed by atoms with Crippen LogP contribution >= 0.6 is 11.3 Å². The lowest BCUT2D eigenvalue weighted by Crippen LogP contribution is -2.48. The zero-order valence-corrected chi connectivity index (χ0v) is 15.6. The minimum Gasteiger partial charge on any atom is -0.493 e. The lowest BCUT2D eigenvalue weighted by molar-refractivity contribution is -0.131. The van der Waals surface area contributed by atoms with Crippen molar-refractivity contribution in [2.45, 2.75) is 12.8 Å². The van der Waals surface area contributed by atoms with Crippen LogP contribution in [0.1, 0.15) is 11.3 Å². The van der Waals surface area contributed by atoms with Gasteiger partial charge in [-0.05, 0) is 30.0 Å². The standard InChI is InChI=1S/C19H24N2O3S/c1-23-17-7-5-15(14-18(17)24-2)20-9-11-21(12-10-20)19(22)8-6-16-4-3-13-25-16/h3-5,7,13-14H,6,8-12H2,1-2H3. The van der Waals surface area contributed by atoms with E-state index in [0.29, 0.717) is 6.42 Å². The number of ether oxygens (including phenoxy) is 2.